The van der Waals surface area contributed by atoms with Crippen LogP contribution in [-0.4, -0.2) is 15.9 Å². The highest BCUT2D eigenvalue weighted by molar-refractivity contribution is 6.31. The van der Waals surface area contributed by atoms with Crippen molar-refractivity contribution in [3.63, 3.8) is 0 Å². The van der Waals surface area contributed by atoms with Crippen LogP contribution in [0, 0.1) is 0 Å². The van der Waals surface area contributed by atoms with Crippen LogP contribution >= 0.6 is 11.6 Å². The highest BCUT2D eigenvalue weighted by Crippen LogP contribution is 2.35. The Balaban J connectivity index is 1.62. The number of halogens is 4. The van der Waals surface area contributed by atoms with Crippen molar-refractivity contribution < 1.29 is 22.7 Å². The van der Waals surface area contributed by atoms with Gasteiger partial charge in [-0.2, -0.15) is 13.2 Å². The molecule has 0 radical (unpaired) electrons. The van der Waals surface area contributed by atoms with Crippen molar-refractivity contribution in [2.75, 3.05) is 5.32 Å². The van der Waals surface area contributed by atoms with Crippen LogP contribution in [0.15, 0.2) is 67.0 Å². The van der Waals surface area contributed by atoms with Gasteiger partial charge >= 0.3 is 12.2 Å². The summed E-state index contributed by atoms with van der Waals surface area (Å²) in [6, 6.07) is 11.7. The number of carbonyl (C=O) groups is 1. The largest absolute Gasteiger partial charge is 0.424 e. The number of nitrogens with one attached hydrogen (secondary N) is 1. The van der Waals surface area contributed by atoms with Crippen molar-refractivity contribution in [2.24, 2.45) is 0 Å². The lowest BCUT2D eigenvalue weighted by atomic mass is 10.1. The van der Waals surface area contributed by atoms with Gasteiger partial charge in [-0.25, -0.2) is 9.97 Å². The second kappa shape index (κ2) is 8.74. The third-order valence-electron chi connectivity index (χ3n) is 3.60. The zero-order valence-corrected chi connectivity index (χ0v) is 15.4. The lowest BCUT2D eigenvalue weighted by Gasteiger charge is -2.09. The molecular formula is C20H13ClF3N3O2. The highest BCUT2D eigenvalue weighted by Gasteiger charge is 2.33. The Kier molecular flexibility index (Phi) is 6.13. The highest BCUT2D eigenvalue weighted by atomic mass is 35.5. The molecule has 0 spiro atoms. The van der Waals surface area contributed by atoms with Crippen LogP contribution in [0.4, 0.5) is 18.9 Å². The van der Waals surface area contributed by atoms with Crippen LogP contribution in [0.25, 0.3) is 6.08 Å². The van der Waals surface area contributed by atoms with Crippen molar-refractivity contribution in [1.29, 1.82) is 0 Å². The fourth-order valence-electron chi connectivity index (χ4n) is 2.27. The van der Waals surface area contributed by atoms with Gasteiger partial charge in [0.25, 0.3) is 0 Å². The first-order valence-electron chi connectivity index (χ1n) is 8.22. The van der Waals surface area contributed by atoms with Gasteiger partial charge in [-0.15, -0.1) is 0 Å². The number of anilines is 1. The molecule has 0 saturated heterocycles. The van der Waals surface area contributed by atoms with Gasteiger partial charge < -0.3 is 10.1 Å². The molecule has 1 aromatic heterocycles. The number of hydrogen-bond acceptors (Lipinski definition) is 4. The van der Waals surface area contributed by atoms with Gasteiger partial charge in [-0.1, -0.05) is 17.7 Å². The minimum absolute atomic E-state index is 0.188. The first kappa shape index (κ1) is 20.3. The molecule has 148 valence electrons. The van der Waals surface area contributed by atoms with E-state index in [4.69, 9.17) is 16.3 Å². The Bertz CT molecular complexity index is 1020. The number of amides is 1. The third-order valence-corrected chi connectivity index (χ3v) is 3.93. The minimum Gasteiger partial charge on any atom is -0.424 e. The summed E-state index contributed by atoms with van der Waals surface area (Å²) in [6.07, 6.45) is 0.914. The average molecular weight is 420 g/mol. The Labute approximate surface area is 168 Å². The van der Waals surface area contributed by atoms with Gasteiger partial charge in [-0.05, 0) is 54.1 Å². The van der Waals surface area contributed by atoms with Crippen LogP contribution in [0.3, 0.4) is 0 Å². The lowest BCUT2D eigenvalue weighted by Crippen LogP contribution is -2.08. The molecule has 0 unspecified atom stereocenters. The number of carbonyl (C=O) groups excluding carboxylic acids is 1. The van der Waals surface area contributed by atoms with Crippen molar-refractivity contribution in [1.82, 2.24) is 9.97 Å². The summed E-state index contributed by atoms with van der Waals surface area (Å²) in [5.74, 6) is -0.0286. The van der Waals surface area contributed by atoms with Gasteiger partial charge in [0.2, 0.25) is 5.91 Å². The molecule has 2 aromatic carbocycles. The van der Waals surface area contributed by atoms with Crippen molar-refractivity contribution >= 4 is 29.3 Å². The second-order valence-electron chi connectivity index (χ2n) is 5.72. The Morgan fingerprint density at radius 1 is 1.07 bits per heavy atom. The van der Waals surface area contributed by atoms with Crippen LogP contribution in [-0.2, 0) is 11.0 Å². The van der Waals surface area contributed by atoms with Crippen LogP contribution in [0.5, 0.6) is 11.8 Å². The summed E-state index contributed by atoms with van der Waals surface area (Å²) in [7, 11) is 0. The quantitative estimate of drug-likeness (QED) is 0.547. The molecule has 29 heavy (non-hydrogen) atoms. The third kappa shape index (κ3) is 5.79. The summed E-state index contributed by atoms with van der Waals surface area (Å²) in [6.45, 7) is 0. The fourth-order valence-corrected chi connectivity index (χ4v) is 2.49. The molecule has 0 aliphatic heterocycles. The molecule has 0 aliphatic rings. The molecule has 3 rings (SSSR count). The maximum absolute atomic E-state index is 12.9. The van der Waals surface area contributed by atoms with Crippen LogP contribution in [0.2, 0.25) is 5.02 Å². The molecule has 0 atom stereocenters. The van der Waals surface area contributed by atoms with E-state index < -0.39 is 22.7 Å². The Morgan fingerprint density at radius 2 is 1.76 bits per heavy atom. The molecule has 0 saturated carbocycles. The van der Waals surface area contributed by atoms with Gasteiger partial charge in [-0.3, -0.25) is 4.79 Å². The molecular weight excluding hydrogens is 407 g/mol. The Morgan fingerprint density at radius 3 is 2.41 bits per heavy atom. The number of aromatic nitrogens is 2. The maximum Gasteiger partial charge on any atom is 0.417 e. The molecule has 0 bridgehead atoms. The van der Waals surface area contributed by atoms with E-state index in [9.17, 15) is 18.0 Å². The van der Waals surface area contributed by atoms with E-state index in [1.54, 1.807) is 42.7 Å². The van der Waals surface area contributed by atoms with E-state index in [2.05, 4.69) is 15.3 Å². The SMILES string of the molecule is O=C(/C=C/c1ccc(Cl)c(C(F)(F)F)c1)Nc1ccc(Oc2ncccn2)cc1. The van der Waals surface area contributed by atoms with Gasteiger partial charge in [0, 0.05) is 24.2 Å². The molecule has 0 aliphatic carbocycles. The molecule has 0 fully saturated rings. The van der Waals surface area contributed by atoms with Gasteiger partial charge in [0.05, 0.1) is 10.6 Å². The summed E-state index contributed by atoms with van der Waals surface area (Å²) >= 11 is 5.57. The van der Waals surface area contributed by atoms with Crippen LogP contribution < -0.4 is 10.1 Å². The maximum atomic E-state index is 12.9. The normalized spacial score (nSPS) is 11.4. The standard InChI is InChI=1S/C20H13ClF3N3O2/c21-17-8-2-13(12-16(17)20(22,23)24)3-9-18(28)27-14-4-6-15(7-5-14)29-19-25-10-1-11-26-19/h1-12H,(H,27,28)/b9-3+. The van der Waals surface area contributed by atoms with E-state index in [-0.39, 0.29) is 11.6 Å². The predicted molar refractivity (Wildman–Crippen MR) is 103 cm³/mol. The first-order valence-corrected chi connectivity index (χ1v) is 8.60. The Hall–Kier alpha value is -3.39. The number of nitrogens with zero attached hydrogens (tertiary/aromatic N) is 2. The average Bonchev–Trinajstić information content (AvgIpc) is 2.69. The zero-order chi connectivity index (χ0) is 20.9. The minimum atomic E-state index is -4.57. The summed E-state index contributed by atoms with van der Waals surface area (Å²) < 4.78 is 44.1. The van der Waals surface area contributed by atoms with Crippen molar-refractivity contribution in [2.45, 2.75) is 6.18 Å². The van der Waals surface area contributed by atoms with Gasteiger partial charge in [0.1, 0.15) is 5.75 Å². The number of rotatable bonds is 5. The topological polar surface area (TPSA) is 64.1 Å². The number of benzene rings is 2. The predicted octanol–water partition coefficient (Wildman–Crippen LogP) is 5.59. The van der Waals surface area contributed by atoms with E-state index >= 15 is 0 Å². The van der Waals surface area contributed by atoms with E-state index in [0.717, 1.165) is 18.2 Å². The van der Waals surface area contributed by atoms with Crippen molar-refractivity contribution in [3.05, 3.63) is 83.2 Å². The van der Waals surface area contributed by atoms with Crippen LogP contribution in [0.1, 0.15) is 11.1 Å². The monoisotopic (exact) mass is 419 g/mol. The molecule has 1 amide bonds. The fraction of sp³-hybridized carbons (Fsp3) is 0.0500. The number of hydrogen-bond donors (Lipinski definition) is 1. The van der Waals surface area contributed by atoms with E-state index in [0.29, 0.717) is 11.4 Å². The van der Waals surface area contributed by atoms with Gasteiger partial charge in [0.15, 0.2) is 0 Å². The molecule has 9 heteroatoms. The summed E-state index contributed by atoms with van der Waals surface area (Å²) in [5, 5.41) is 2.20. The first-order chi connectivity index (χ1) is 13.8. The summed E-state index contributed by atoms with van der Waals surface area (Å²) in [4.78, 5) is 19.9. The van der Waals surface area contributed by atoms with Crippen molar-refractivity contribution in [3.8, 4) is 11.8 Å². The molecule has 3 aromatic rings. The second-order valence-corrected chi connectivity index (χ2v) is 6.12. The molecule has 1 heterocycles. The number of ether oxygens (including phenoxy) is 1. The smallest absolute Gasteiger partial charge is 0.417 e. The molecule has 5 nitrogen and oxygen atoms in total. The number of alkyl halides is 3. The zero-order valence-electron chi connectivity index (χ0n) is 14.7. The summed E-state index contributed by atoms with van der Waals surface area (Å²) in [5.41, 5.74) is -0.281. The van der Waals surface area contributed by atoms with E-state index in [1.807, 2.05) is 0 Å². The molecule has 1 N–H and O–H groups in total. The van der Waals surface area contributed by atoms with E-state index in [1.165, 1.54) is 12.1 Å². The lowest BCUT2D eigenvalue weighted by molar-refractivity contribution is -0.137.